The fourth-order valence-electron chi connectivity index (χ4n) is 2.60. The number of nitrogens with zero attached hydrogens (tertiary/aromatic N) is 1. The minimum Gasteiger partial charge on any atom is -0.494 e. The number of ether oxygens (including phenoxy) is 1. The van der Waals surface area contributed by atoms with Gasteiger partial charge in [-0.05, 0) is 24.1 Å². The van der Waals surface area contributed by atoms with Gasteiger partial charge in [-0.15, -0.1) is 12.4 Å². The van der Waals surface area contributed by atoms with E-state index in [1.807, 2.05) is 24.3 Å². The normalized spacial score (nSPS) is 12.9. The van der Waals surface area contributed by atoms with Crippen molar-refractivity contribution in [3.05, 3.63) is 46.8 Å². The quantitative estimate of drug-likeness (QED) is 0.746. The highest BCUT2D eigenvalue weighted by atomic mass is 35.5. The Balaban J connectivity index is 0.00000208. The van der Waals surface area contributed by atoms with Gasteiger partial charge >= 0.3 is 0 Å². The van der Waals surface area contributed by atoms with Crippen LogP contribution in [0.15, 0.2) is 24.3 Å². The topological polar surface area (TPSA) is 79.0 Å². The first kappa shape index (κ1) is 18.3. The minimum atomic E-state index is -0.141. The summed E-state index contributed by atoms with van der Waals surface area (Å²) in [5, 5.41) is 13.3. The number of halogens is 1. The van der Waals surface area contributed by atoms with Crippen molar-refractivity contribution in [1.82, 2.24) is 20.8 Å². The highest BCUT2D eigenvalue weighted by Crippen LogP contribution is 2.16. The zero-order chi connectivity index (χ0) is 16.1. The Hall–Kier alpha value is -2.05. The third-order valence-corrected chi connectivity index (χ3v) is 3.87. The molecule has 0 saturated heterocycles. The molecule has 1 amide bonds. The first-order valence-electron chi connectivity index (χ1n) is 8.04. The monoisotopic (exact) mass is 350 g/mol. The smallest absolute Gasteiger partial charge is 0.272 e. The highest BCUT2D eigenvalue weighted by Gasteiger charge is 2.21. The van der Waals surface area contributed by atoms with E-state index in [-0.39, 0.29) is 18.3 Å². The molecule has 0 fully saturated rings. The SMILES string of the molecule is CCCOc1ccc(CNC(=O)c2n[nH]c3c2CNCC3)cc1.Cl. The van der Waals surface area contributed by atoms with Crippen molar-refractivity contribution < 1.29 is 9.53 Å². The summed E-state index contributed by atoms with van der Waals surface area (Å²) in [6.07, 6.45) is 1.87. The molecule has 0 spiro atoms. The zero-order valence-corrected chi connectivity index (χ0v) is 14.5. The van der Waals surface area contributed by atoms with E-state index in [4.69, 9.17) is 4.74 Å². The molecule has 7 heteroatoms. The molecule has 6 nitrogen and oxygen atoms in total. The fourth-order valence-corrected chi connectivity index (χ4v) is 2.60. The maximum Gasteiger partial charge on any atom is 0.272 e. The number of carbonyl (C=O) groups excluding carboxylic acids is 1. The van der Waals surface area contributed by atoms with Crippen molar-refractivity contribution in [3.63, 3.8) is 0 Å². The highest BCUT2D eigenvalue weighted by molar-refractivity contribution is 5.94. The van der Waals surface area contributed by atoms with Crippen molar-refractivity contribution in [1.29, 1.82) is 0 Å². The van der Waals surface area contributed by atoms with Crippen molar-refractivity contribution in [3.8, 4) is 5.75 Å². The average molecular weight is 351 g/mol. The van der Waals surface area contributed by atoms with Gasteiger partial charge in [0, 0.05) is 37.3 Å². The summed E-state index contributed by atoms with van der Waals surface area (Å²) in [4.78, 5) is 12.3. The number of hydrogen-bond acceptors (Lipinski definition) is 4. The van der Waals surface area contributed by atoms with Crippen LogP contribution in [-0.4, -0.2) is 29.3 Å². The Labute approximate surface area is 147 Å². The zero-order valence-electron chi connectivity index (χ0n) is 13.7. The molecular weight excluding hydrogens is 328 g/mol. The van der Waals surface area contributed by atoms with Crippen LogP contribution in [0, 0.1) is 0 Å². The van der Waals surface area contributed by atoms with Crippen molar-refractivity contribution in [2.75, 3.05) is 13.2 Å². The Kier molecular flexibility index (Phi) is 6.63. The maximum atomic E-state index is 12.3. The van der Waals surface area contributed by atoms with E-state index in [0.29, 0.717) is 25.4 Å². The molecule has 1 aromatic carbocycles. The van der Waals surface area contributed by atoms with Gasteiger partial charge in [-0.1, -0.05) is 19.1 Å². The molecule has 3 rings (SSSR count). The Morgan fingerprint density at radius 2 is 2.12 bits per heavy atom. The number of aromatic nitrogens is 2. The Morgan fingerprint density at radius 3 is 2.88 bits per heavy atom. The molecule has 2 heterocycles. The third-order valence-electron chi connectivity index (χ3n) is 3.87. The third kappa shape index (κ3) is 4.27. The number of benzene rings is 1. The number of aromatic amines is 1. The lowest BCUT2D eigenvalue weighted by Gasteiger charge is -2.13. The standard InChI is InChI=1S/C17H22N4O2.ClH/c1-2-9-23-13-5-3-12(4-6-13)10-19-17(22)16-14-11-18-8-7-15(14)20-21-16;/h3-6,18H,2,7-11H2,1H3,(H,19,22)(H,20,21);1H. The van der Waals surface area contributed by atoms with Crippen LogP contribution in [0.2, 0.25) is 0 Å². The average Bonchev–Trinajstić information content (AvgIpc) is 3.03. The number of amides is 1. The van der Waals surface area contributed by atoms with Crippen LogP contribution in [-0.2, 0) is 19.5 Å². The van der Waals surface area contributed by atoms with Crippen LogP contribution >= 0.6 is 12.4 Å². The molecule has 0 unspecified atom stereocenters. The van der Waals surface area contributed by atoms with Crippen LogP contribution in [0.5, 0.6) is 5.75 Å². The van der Waals surface area contributed by atoms with Gasteiger partial charge in [0.1, 0.15) is 5.75 Å². The summed E-state index contributed by atoms with van der Waals surface area (Å²) in [5.74, 6) is 0.715. The predicted octanol–water partition coefficient (Wildman–Crippen LogP) is 2.20. The largest absolute Gasteiger partial charge is 0.494 e. The van der Waals surface area contributed by atoms with E-state index in [2.05, 4.69) is 27.8 Å². The molecule has 2 aromatic rings. The lowest BCUT2D eigenvalue weighted by molar-refractivity contribution is 0.0944. The number of H-pyrrole nitrogens is 1. The molecule has 0 radical (unpaired) electrons. The molecule has 24 heavy (non-hydrogen) atoms. The van der Waals surface area contributed by atoms with E-state index in [9.17, 15) is 4.79 Å². The number of carbonyl (C=O) groups is 1. The number of fused-ring (bicyclic) bond motifs is 1. The summed E-state index contributed by atoms with van der Waals surface area (Å²) < 4.78 is 5.55. The van der Waals surface area contributed by atoms with Crippen LogP contribution in [0.1, 0.15) is 40.7 Å². The molecule has 0 saturated carbocycles. The van der Waals surface area contributed by atoms with Crippen molar-refractivity contribution in [2.45, 2.75) is 32.9 Å². The van der Waals surface area contributed by atoms with Crippen LogP contribution in [0.3, 0.4) is 0 Å². The maximum absolute atomic E-state index is 12.3. The Morgan fingerprint density at radius 1 is 1.33 bits per heavy atom. The van der Waals surface area contributed by atoms with Gasteiger partial charge < -0.3 is 15.4 Å². The van der Waals surface area contributed by atoms with Crippen LogP contribution in [0.25, 0.3) is 0 Å². The number of rotatable bonds is 6. The molecule has 1 aromatic heterocycles. The molecule has 0 atom stereocenters. The van der Waals surface area contributed by atoms with Gasteiger partial charge in [0.15, 0.2) is 5.69 Å². The van der Waals surface area contributed by atoms with E-state index in [0.717, 1.165) is 42.0 Å². The van der Waals surface area contributed by atoms with E-state index in [1.54, 1.807) is 0 Å². The summed E-state index contributed by atoms with van der Waals surface area (Å²) >= 11 is 0. The predicted molar refractivity (Wildman–Crippen MR) is 94.6 cm³/mol. The minimum absolute atomic E-state index is 0. The van der Waals surface area contributed by atoms with Gasteiger partial charge in [-0.3, -0.25) is 9.89 Å². The van der Waals surface area contributed by atoms with Crippen molar-refractivity contribution in [2.24, 2.45) is 0 Å². The fraction of sp³-hybridized carbons (Fsp3) is 0.412. The lowest BCUT2D eigenvalue weighted by atomic mass is 10.1. The van der Waals surface area contributed by atoms with E-state index < -0.39 is 0 Å². The number of hydrogen-bond donors (Lipinski definition) is 3. The summed E-state index contributed by atoms with van der Waals surface area (Å²) in [6, 6.07) is 7.79. The van der Waals surface area contributed by atoms with Gasteiger partial charge in [-0.25, -0.2) is 0 Å². The second kappa shape index (κ2) is 8.70. The van der Waals surface area contributed by atoms with Gasteiger partial charge in [0.25, 0.3) is 5.91 Å². The second-order valence-electron chi connectivity index (χ2n) is 5.63. The summed E-state index contributed by atoms with van der Waals surface area (Å²) in [5.41, 5.74) is 3.57. The summed E-state index contributed by atoms with van der Waals surface area (Å²) in [7, 11) is 0. The molecule has 0 bridgehead atoms. The van der Waals surface area contributed by atoms with E-state index >= 15 is 0 Å². The van der Waals surface area contributed by atoms with Gasteiger partial charge in [0.2, 0.25) is 0 Å². The van der Waals surface area contributed by atoms with Crippen molar-refractivity contribution >= 4 is 18.3 Å². The first-order chi connectivity index (χ1) is 11.3. The van der Waals surface area contributed by atoms with E-state index in [1.165, 1.54) is 0 Å². The van der Waals surface area contributed by atoms with Gasteiger partial charge in [-0.2, -0.15) is 5.10 Å². The first-order valence-corrected chi connectivity index (χ1v) is 8.04. The molecule has 3 N–H and O–H groups in total. The molecular formula is C17H23ClN4O2. The number of nitrogens with one attached hydrogen (secondary N) is 3. The molecule has 0 aliphatic carbocycles. The molecule has 1 aliphatic rings. The van der Waals surface area contributed by atoms with Crippen LogP contribution < -0.4 is 15.4 Å². The summed E-state index contributed by atoms with van der Waals surface area (Å²) in [6.45, 7) is 4.88. The molecule has 130 valence electrons. The second-order valence-corrected chi connectivity index (χ2v) is 5.63. The Bertz CT molecular complexity index is 670. The lowest BCUT2D eigenvalue weighted by Crippen LogP contribution is -2.28. The van der Waals surface area contributed by atoms with Crippen LogP contribution in [0.4, 0.5) is 0 Å². The van der Waals surface area contributed by atoms with Gasteiger partial charge in [0.05, 0.1) is 6.61 Å². The molecule has 1 aliphatic heterocycles.